The zero-order valence-electron chi connectivity index (χ0n) is 17.2. The summed E-state index contributed by atoms with van der Waals surface area (Å²) in [6.07, 6.45) is 3.90. The summed E-state index contributed by atoms with van der Waals surface area (Å²) in [7, 11) is 0. The summed E-state index contributed by atoms with van der Waals surface area (Å²) in [5.41, 5.74) is 2.17. The lowest BCUT2D eigenvalue weighted by Gasteiger charge is -2.41. The lowest BCUT2D eigenvalue weighted by Crippen LogP contribution is -2.56. The molecule has 3 rings (SSSR count). The molecule has 1 aromatic heterocycles. The van der Waals surface area contributed by atoms with Gasteiger partial charge in [-0.05, 0) is 32.9 Å². The highest BCUT2D eigenvalue weighted by Crippen LogP contribution is 2.15. The van der Waals surface area contributed by atoms with Gasteiger partial charge in [0, 0.05) is 43.5 Å². The van der Waals surface area contributed by atoms with Crippen molar-refractivity contribution in [3.8, 4) is 5.69 Å². The molecule has 0 spiro atoms. The van der Waals surface area contributed by atoms with Crippen LogP contribution in [-0.4, -0.2) is 65.6 Å². The second-order valence-electron chi connectivity index (χ2n) is 7.59. The van der Waals surface area contributed by atoms with Crippen molar-refractivity contribution >= 4 is 5.96 Å². The van der Waals surface area contributed by atoms with Crippen molar-refractivity contribution in [2.75, 3.05) is 39.4 Å². The molecule has 0 saturated carbocycles. The number of hydrogen-bond donors (Lipinski definition) is 2. The Morgan fingerprint density at radius 3 is 2.64 bits per heavy atom. The molecule has 0 radical (unpaired) electrons. The molecule has 7 nitrogen and oxygen atoms in total. The van der Waals surface area contributed by atoms with E-state index in [0.717, 1.165) is 56.6 Å². The summed E-state index contributed by atoms with van der Waals surface area (Å²) >= 11 is 0. The number of nitrogens with one attached hydrogen (secondary N) is 2. The lowest BCUT2D eigenvalue weighted by molar-refractivity contribution is -0.00834. The number of ether oxygens (including phenoxy) is 1. The minimum atomic E-state index is 0.0398. The van der Waals surface area contributed by atoms with Crippen LogP contribution in [0.5, 0.6) is 0 Å². The van der Waals surface area contributed by atoms with Gasteiger partial charge in [-0.3, -0.25) is 4.90 Å². The number of rotatable bonds is 7. The van der Waals surface area contributed by atoms with Gasteiger partial charge in [0.25, 0.3) is 0 Å². The van der Waals surface area contributed by atoms with Crippen molar-refractivity contribution in [1.29, 1.82) is 0 Å². The second-order valence-corrected chi connectivity index (χ2v) is 7.59. The van der Waals surface area contributed by atoms with Gasteiger partial charge in [0.2, 0.25) is 0 Å². The Morgan fingerprint density at radius 1 is 1.18 bits per heavy atom. The zero-order valence-corrected chi connectivity index (χ0v) is 17.2. The molecule has 0 aliphatic carbocycles. The molecule has 2 heterocycles. The van der Waals surface area contributed by atoms with Crippen molar-refractivity contribution in [3.63, 3.8) is 0 Å². The third-order valence-electron chi connectivity index (χ3n) is 4.98. The maximum absolute atomic E-state index is 5.47. The quantitative estimate of drug-likeness (QED) is 0.565. The SMILES string of the molecule is CCNC(=NCc1cnn(-c2ccccc2)c1)NCC(C)(C)N1CCOCC1. The van der Waals surface area contributed by atoms with Crippen molar-refractivity contribution in [1.82, 2.24) is 25.3 Å². The van der Waals surface area contributed by atoms with Gasteiger partial charge in [-0.2, -0.15) is 5.10 Å². The zero-order chi connectivity index (χ0) is 19.8. The van der Waals surface area contributed by atoms with E-state index in [-0.39, 0.29) is 5.54 Å². The molecule has 2 N–H and O–H groups in total. The number of nitrogens with zero attached hydrogens (tertiary/aromatic N) is 4. The van der Waals surface area contributed by atoms with E-state index in [0.29, 0.717) is 6.54 Å². The van der Waals surface area contributed by atoms with Gasteiger partial charge in [0.1, 0.15) is 0 Å². The molecular weight excluding hydrogens is 352 g/mol. The van der Waals surface area contributed by atoms with Crippen LogP contribution < -0.4 is 10.6 Å². The standard InChI is InChI=1S/C21H32N6O/c1-4-22-20(24-17-21(2,3)26-10-12-28-13-11-26)23-14-18-15-25-27(16-18)19-8-6-5-7-9-19/h5-9,15-16H,4,10-14,17H2,1-3H3,(H2,22,23,24). The topological polar surface area (TPSA) is 66.7 Å². The minimum absolute atomic E-state index is 0.0398. The number of hydrogen-bond acceptors (Lipinski definition) is 4. The van der Waals surface area contributed by atoms with Crippen LogP contribution in [0.3, 0.4) is 0 Å². The molecule has 152 valence electrons. The summed E-state index contributed by atoms with van der Waals surface area (Å²) < 4.78 is 7.36. The molecule has 0 unspecified atom stereocenters. The molecule has 1 saturated heterocycles. The second kappa shape index (κ2) is 9.71. The van der Waals surface area contributed by atoms with Gasteiger partial charge in [0.15, 0.2) is 5.96 Å². The smallest absolute Gasteiger partial charge is 0.191 e. The molecule has 0 atom stereocenters. The highest BCUT2D eigenvalue weighted by atomic mass is 16.5. The Labute approximate surface area is 167 Å². The van der Waals surface area contributed by atoms with E-state index in [1.165, 1.54) is 0 Å². The molecule has 2 aromatic rings. The number of aliphatic imine (C=N–C) groups is 1. The molecule has 1 aromatic carbocycles. The first kappa shape index (κ1) is 20.4. The summed E-state index contributed by atoms with van der Waals surface area (Å²) in [5, 5.41) is 11.3. The van der Waals surface area contributed by atoms with Gasteiger partial charge in [0.05, 0.1) is 31.6 Å². The number of guanidine groups is 1. The first-order chi connectivity index (χ1) is 13.6. The molecule has 1 fully saturated rings. The number of benzene rings is 1. The minimum Gasteiger partial charge on any atom is -0.379 e. The van der Waals surface area contributed by atoms with Crippen LogP contribution in [0.15, 0.2) is 47.7 Å². The van der Waals surface area contributed by atoms with E-state index in [1.54, 1.807) is 0 Å². The van der Waals surface area contributed by atoms with Crippen LogP contribution in [0.2, 0.25) is 0 Å². The fourth-order valence-corrected chi connectivity index (χ4v) is 3.26. The molecule has 7 heteroatoms. The molecular formula is C21H32N6O. The molecule has 0 bridgehead atoms. The van der Waals surface area contributed by atoms with Crippen LogP contribution in [-0.2, 0) is 11.3 Å². The molecule has 1 aliphatic heterocycles. The van der Waals surface area contributed by atoms with Gasteiger partial charge in [-0.1, -0.05) is 18.2 Å². The summed E-state index contributed by atoms with van der Waals surface area (Å²) in [6, 6.07) is 10.1. The van der Waals surface area contributed by atoms with Gasteiger partial charge in [-0.15, -0.1) is 0 Å². The predicted molar refractivity (Wildman–Crippen MR) is 113 cm³/mol. The van der Waals surface area contributed by atoms with Gasteiger partial charge >= 0.3 is 0 Å². The van der Waals surface area contributed by atoms with E-state index in [4.69, 9.17) is 9.73 Å². The largest absolute Gasteiger partial charge is 0.379 e. The van der Waals surface area contributed by atoms with Crippen LogP contribution in [0.1, 0.15) is 26.3 Å². The van der Waals surface area contributed by atoms with Crippen molar-refractivity contribution in [2.45, 2.75) is 32.9 Å². The highest BCUT2D eigenvalue weighted by Gasteiger charge is 2.28. The van der Waals surface area contributed by atoms with Crippen LogP contribution in [0.25, 0.3) is 5.69 Å². The Hall–Kier alpha value is -2.38. The first-order valence-electron chi connectivity index (χ1n) is 10.0. The van der Waals surface area contributed by atoms with Crippen LogP contribution in [0, 0.1) is 0 Å². The Bertz CT molecular complexity index is 749. The maximum atomic E-state index is 5.47. The van der Waals surface area contributed by atoms with Crippen LogP contribution >= 0.6 is 0 Å². The van der Waals surface area contributed by atoms with E-state index in [1.807, 2.05) is 47.4 Å². The van der Waals surface area contributed by atoms with Crippen molar-refractivity contribution in [2.24, 2.45) is 4.99 Å². The lowest BCUT2D eigenvalue weighted by atomic mass is 10.0. The maximum Gasteiger partial charge on any atom is 0.191 e. The summed E-state index contributed by atoms with van der Waals surface area (Å²) in [4.78, 5) is 7.21. The first-order valence-corrected chi connectivity index (χ1v) is 10.0. The van der Waals surface area contributed by atoms with Crippen molar-refractivity contribution < 1.29 is 4.74 Å². The van der Waals surface area contributed by atoms with E-state index in [2.05, 4.69) is 41.4 Å². The predicted octanol–water partition coefficient (Wildman–Crippen LogP) is 2.04. The third-order valence-corrected chi connectivity index (χ3v) is 4.98. The van der Waals surface area contributed by atoms with E-state index >= 15 is 0 Å². The Morgan fingerprint density at radius 2 is 1.93 bits per heavy atom. The van der Waals surface area contributed by atoms with E-state index in [9.17, 15) is 0 Å². The Kier molecular flexibility index (Phi) is 7.06. The monoisotopic (exact) mass is 384 g/mol. The molecule has 1 aliphatic rings. The van der Waals surface area contributed by atoms with Crippen molar-refractivity contribution in [3.05, 3.63) is 48.3 Å². The Balaban J connectivity index is 1.59. The summed E-state index contributed by atoms with van der Waals surface area (Å²) in [6.45, 7) is 12.4. The van der Waals surface area contributed by atoms with Gasteiger partial charge in [-0.25, -0.2) is 9.67 Å². The third kappa shape index (κ3) is 5.56. The highest BCUT2D eigenvalue weighted by molar-refractivity contribution is 5.79. The number of para-hydroxylation sites is 1. The average Bonchev–Trinajstić information content (AvgIpc) is 3.20. The average molecular weight is 385 g/mol. The molecule has 0 amide bonds. The van der Waals surface area contributed by atoms with E-state index < -0.39 is 0 Å². The fraction of sp³-hybridized carbons (Fsp3) is 0.524. The fourth-order valence-electron chi connectivity index (χ4n) is 3.26. The normalized spacial score (nSPS) is 16.2. The number of aromatic nitrogens is 2. The molecule has 28 heavy (non-hydrogen) atoms. The van der Waals surface area contributed by atoms with Crippen LogP contribution in [0.4, 0.5) is 0 Å². The number of morpholine rings is 1. The van der Waals surface area contributed by atoms with Gasteiger partial charge < -0.3 is 15.4 Å². The summed E-state index contributed by atoms with van der Waals surface area (Å²) in [5.74, 6) is 0.830.